The summed E-state index contributed by atoms with van der Waals surface area (Å²) < 4.78 is 6.01. The Labute approximate surface area is 116 Å². The Morgan fingerprint density at radius 3 is 2.89 bits per heavy atom. The Hall–Kier alpha value is -1.33. The van der Waals surface area contributed by atoms with Gasteiger partial charge in [0.05, 0.1) is 11.5 Å². The molecule has 0 atom stereocenters. The Kier molecular flexibility index (Phi) is 4.04. The number of carbonyl (C=O) groups excluding carboxylic acids is 1. The lowest BCUT2D eigenvalue weighted by atomic mass is 10.2. The number of benzene rings is 1. The summed E-state index contributed by atoms with van der Waals surface area (Å²) in [6.07, 6.45) is 1.84. The number of thiocarbonyl (C=S) groups is 1. The predicted octanol–water partition coefficient (Wildman–Crippen LogP) is 2.92. The molecule has 0 bridgehead atoms. The van der Waals surface area contributed by atoms with Crippen molar-refractivity contribution in [3.8, 4) is 5.75 Å². The molecule has 1 saturated heterocycles. The Morgan fingerprint density at radius 2 is 2.28 bits per heavy atom. The zero-order valence-corrected chi connectivity index (χ0v) is 11.8. The van der Waals surface area contributed by atoms with Gasteiger partial charge in [-0.05, 0) is 30.7 Å². The van der Waals surface area contributed by atoms with Crippen molar-refractivity contribution >= 4 is 40.3 Å². The molecule has 2 rings (SSSR count). The minimum Gasteiger partial charge on any atom is -0.494 e. The first kappa shape index (κ1) is 13.1. The Morgan fingerprint density at radius 1 is 1.50 bits per heavy atom. The molecule has 1 aromatic rings. The van der Waals surface area contributed by atoms with Crippen LogP contribution in [-0.2, 0) is 4.79 Å². The molecule has 5 heteroatoms. The van der Waals surface area contributed by atoms with Gasteiger partial charge in [-0.1, -0.05) is 36.1 Å². The molecule has 18 heavy (non-hydrogen) atoms. The molecule has 1 fully saturated rings. The van der Waals surface area contributed by atoms with Gasteiger partial charge in [-0.3, -0.25) is 9.69 Å². The van der Waals surface area contributed by atoms with E-state index in [-0.39, 0.29) is 5.91 Å². The van der Waals surface area contributed by atoms with Gasteiger partial charge in [0.2, 0.25) is 0 Å². The highest BCUT2D eigenvalue weighted by molar-refractivity contribution is 8.26. The maximum Gasteiger partial charge on any atom is 0.265 e. The van der Waals surface area contributed by atoms with Crippen molar-refractivity contribution in [1.82, 2.24) is 4.90 Å². The number of hydrogen-bond acceptors (Lipinski definition) is 4. The van der Waals surface area contributed by atoms with Crippen LogP contribution in [0.1, 0.15) is 12.5 Å². The van der Waals surface area contributed by atoms with Gasteiger partial charge in [0.1, 0.15) is 10.1 Å². The topological polar surface area (TPSA) is 29.5 Å². The molecule has 0 N–H and O–H groups in total. The summed E-state index contributed by atoms with van der Waals surface area (Å²) in [4.78, 5) is 14.0. The van der Waals surface area contributed by atoms with E-state index in [9.17, 15) is 4.79 Å². The standard InChI is InChI=1S/C13H13NO2S2/c1-3-16-10-6-4-5-9(7-10)8-11-12(15)14(2)13(17)18-11/h4-8H,3H2,1-2H3. The maximum absolute atomic E-state index is 11.8. The van der Waals surface area contributed by atoms with E-state index < -0.39 is 0 Å². The highest BCUT2D eigenvalue weighted by Crippen LogP contribution is 2.31. The summed E-state index contributed by atoms with van der Waals surface area (Å²) in [6, 6.07) is 7.64. The Balaban J connectivity index is 2.25. The van der Waals surface area contributed by atoms with Crippen LogP contribution in [-0.4, -0.2) is 28.8 Å². The first-order chi connectivity index (χ1) is 8.61. The van der Waals surface area contributed by atoms with Gasteiger partial charge in [0, 0.05) is 7.05 Å². The van der Waals surface area contributed by atoms with Crippen LogP contribution in [0.25, 0.3) is 6.08 Å². The Bertz CT molecular complexity index is 525. The molecule has 0 spiro atoms. The third-order valence-corrected chi connectivity index (χ3v) is 3.94. The number of hydrogen-bond donors (Lipinski definition) is 0. The highest BCUT2D eigenvalue weighted by Gasteiger charge is 2.28. The number of thioether (sulfide) groups is 1. The van der Waals surface area contributed by atoms with Crippen molar-refractivity contribution in [3.05, 3.63) is 34.7 Å². The van der Waals surface area contributed by atoms with E-state index in [1.807, 2.05) is 37.3 Å². The van der Waals surface area contributed by atoms with E-state index in [2.05, 4.69) is 0 Å². The van der Waals surface area contributed by atoms with Crippen LogP contribution < -0.4 is 4.74 Å². The van der Waals surface area contributed by atoms with E-state index in [1.165, 1.54) is 16.7 Å². The second-order valence-electron chi connectivity index (χ2n) is 3.75. The molecule has 0 aliphatic carbocycles. The van der Waals surface area contributed by atoms with E-state index in [4.69, 9.17) is 17.0 Å². The summed E-state index contributed by atoms with van der Waals surface area (Å²) in [5.74, 6) is 0.755. The minimum absolute atomic E-state index is 0.0492. The zero-order valence-electron chi connectivity index (χ0n) is 10.2. The monoisotopic (exact) mass is 279 g/mol. The highest BCUT2D eigenvalue weighted by atomic mass is 32.2. The average molecular weight is 279 g/mol. The fraction of sp³-hybridized carbons (Fsp3) is 0.231. The number of amides is 1. The van der Waals surface area contributed by atoms with Gasteiger partial charge < -0.3 is 4.74 Å². The number of carbonyl (C=O) groups is 1. The summed E-state index contributed by atoms with van der Waals surface area (Å²) in [6.45, 7) is 2.56. The van der Waals surface area contributed by atoms with Crippen molar-refractivity contribution in [2.24, 2.45) is 0 Å². The third-order valence-electron chi connectivity index (χ3n) is 2.45. The normalized spacial score (nSPS) is 17.7. The van der Waals surface area contributed by atoms with Crippen LogP contribution in [0.15, 0.2) is 29.2 Å². The van der Waals surface area contributed by atoms with Crippen LogP contribution in [0.2, 0.25) is 0 Å². The lowest BCUT2D eigenvalue weighted by molar-refractivity contribution is -0.121. The van der Waals surface area contributed by atoms with Crippen molar-refractivity contribution in [2.45, 2.75) is 6.92 Å². The number of nitrogens with zero attached hydrogens (tertiary/aromatic N) is 1. The molecular weight excluding hydrogens is 266 g/mol. The van der Waals surface area contributed by atoms with Crippen LogP contribution in [0.5, 0.6) is 5.75 Å². The molecule has 1 heterocycles. The lowest BCUT2D eigenvalue weighted by Crippen LogP contribution is -2.22. The van der Waals surface area contributed by atoms with Gasteiger partial charge in [-0.2, -0.15) is 0 Å². The maximum atomic E-state index is 11.8. The van der Waals surface area contributed by atoms with Crippen LogP contribution in [0.4, 0.5) is 0 Å². The first-order valence-corrected chi connectivity index (χ1v) is 6.78. The lowest BCUT2D eigenvalue weighted by Gasteiger charge is -2.04. The first-order valence-electron chi connectivity index (χ1n) is 5.56. The van der Waals surface area contributed by atoms with Crippen molar-refractivity contribution in [3.63, 3.8) is 0 Å². The predicted molar refractivity (Wildman–Crippen MR) is 78.5 cm³/mol. The van der Waals surface area contributed by atoms with E-state index in [1.54, 1.807) is 7.05 Å². The zero-order chi connectivity index (χ0) is 13.1. The van der Waals surface area contributed by atoms with E-state index in [0.29, 0.717) is 15.8 Å². The van der Waals surface area contributed by atoms with Crippen molar-refractivity contribution in [1.29, 1.82) is 0 Å². The molecule has 1 amide bonds. The molecule has 1 aliphatic rings. The number of ether oxygens (including phenoxy) is 1. The molecule has 3 nitrogen and oxygen atoms in total. The molecule has 0 unspecified atom stereocenters. The SMILES string of the molecule is CCOc1cccc(C=C2SC(=S)N(C)C2=O)c1. The van der Waals surface area contributed by atoms with Gasteiger partial charge >= 0.3 is 0 Å². The fourth-order valence-electron chi connectivity index (χ4n) is 1.56. The van der Waals surface area contributed by atoms with E-state index >= 15 is 0 Å². The summed E-state index contributed by atoms with van der Waals surface area (Å²) in [7, 11) is 1.69. The minimum atomic E-state index is -0.0492. The van der Waals surface area contributed by atoms with Crippen molar-refractivity contribution < 1.29 is 9.53 Å². The second-order valence-corrected chi connectivity index (χ2v) is 5.42. The second kappa shape index (κ2) is 5.54. The largest absolute Gasteiger partial charge is 0.494 e. The van der Waals surface area contributed by atoms with Gasteiger partial charge in [-0.15, -0.1) is 0 Å². The van der Waals surface area contributed by atoms with Gasteiger partial charge in [-0.25, -0.2) is 0 Å². The van der Waals surface area contributed by atoms with Crippen LogP contribution >= 0.6 is 24.0 Å². The van der Waals surface area contributed by atoms with Gasteiger partial charge in [0.15, 0.2) is 0 Å². The van der Waals surface area contributed by atoms with Crippen LogP contribution in [0.3, 0.4) is 0 Å². The molecule has 0 radical (unpaired) electrons. The molecule has 0 aromatic heterocycles. The third kappa shape index (κ3) is 2.73. The molecule has 1 aliphatic heterocycles. The summed E-state index contributed by atoms with van der Waals surface area (Å²) in [5, 5.41) is 0. The molecule has 1 aromatic carbocycles. The number of rotatable bonds is 3. The smallest absolute Gasteiger partial charge is 0.265 e. The quantitative estimate of drug-likeness (QED) is 0.628. The van der Waals surface area contributed by atoms with Crippen molar-refractivity contribution in [2.75, 3.05) is 13.7 Å². The summed E-state index contributed by atoms with van der Waals surface area (Å²) in [5.41, 5.74) is 0.940. The average Bonchev–Trinajstić information content (AvgIpc) is 2.58. The number of likely N-dealkylation sites (N-methyl/N-ethyl adjacent to an activating group) is 1. The van der Waals surface area contributed by atoms with E-state index in [0.717, 1.165) is 11.3 Å². The van der Waals surface area contributed by atoms with Crippen LogP contribution in [0, 0.1) is 0 Å². The fourth-order valence-corrected chi connectivity index (χ4v) is 2.74. The summed E-state index contributed by atoms with van der Waals surface area (Å²) >= 11 is 6.41. The molecule has 94 valence electrons. The molecular formula is C13H13NO2S2. The van der Waals surface area contributed by atoms with Gasteiger partial charge in [0.25, 0.3) is 5.91 Å². The molecule has 0 saturated carbocycles.